The second-order valence-electron chi connectivity index (χ2n) is 5.40. The van der Waals surface area contributed by atoms with Gasteiger partial charge in [-0.25, -0.2) is 4.98 Å². The van der Waals surface area contributed by atoms with Gasteiger partial charge >= 0.3 is 5.97 Å². The Labute approximate surface area is 139 Å². The number of carbonyl (C=O) groups is 2. The Balaban J connectivity index is 2.08. The number of rotatable bonds is 7. The van der Waals surface area contributed by atoms with Crippen LogP contribution in [0.5, 0.6) is 0 Å². The predicted octanol–water partition coefficient (Wildman–Crippen LogP) is 2.98. The van der Waals surface area contributed by atoms with E-state index in [4.69, 9.17) is 5.11 Å². The van der Waals surface area contributed by atoms with E-state index in [1.54, 1.807) is 0 Å². The van der Waals surface area contributed by atoms with Crippen molar-refractivity contribution in [3.05, 3.63) is 40.9 Å². The lowest BCUT2D eigenvalue weighted by atomic mass is 10.1. The van der Waals surface area contributed by atoms with Gasteiger partial charge in [0.2, 0.25) is 5.91 Å². The van der Waals surface area contributed by atoms with Crippen molar-refractivity contribution in [3.8, 4) is 10.6 Å². The van der Waals surface area contributed by atoms with Crippen molar-refractivity contribution in [1.82, 2.24) is 9.88 Å². The third kappa shape index (κ3) is 4.89. The van der Waals surface area contributed by atoms with Crippen molar-refractivity contribution < 1.29 is 14.7 Å². The number of aryl methyl sites for hydroxylation is 1. The number of carboxylic acid groups (broad SMARTS) is 1. The number of aliphatic carboxylic acids is 1. The van der Waals surface area contributed by atoms with Crippen molar-refractivity contribution in [2.45, 2.75) is 26.7 Å². The first-order chi connectivity index (χ1) is 11.0. The molecule has 0 fully saturated rings. The molecule has 1 aromatic heterocycles. The second kappa shape index (κ2) is 7.87. The fourth-order valence-corrected chi connectivity index (χ4v) is 3.11. The van der Waals surface area contributed by atoms with Crippen molar-refractivity contribution in [1.29, 1.82) is 0 Å². The van der Waals surface area contributed by atoms with Crippen LogP contribution < -0.4 is 0 Å². The molecule has 5 nitrogen and oxygen atoms in total. The third-order valence-corrected chi connectivity index (χ3v) is 4.26. The Morgan fingerprint density at radius 2 is 2.13 bits per heavy atom. The molecule has 0 bridgehead atoms. The summed E-state index contributed by atoms with van der Waals surface area (Å²) >= 11 is 1.49. The molecule has 0 aliphatic rings. The molecular weight excluding hydrogens is 312 g/mol. The van der Waals surface area contributed by atoms with Gasteiger partial charge in [-0.05, 0) is 19.4 Å². The van der Waals surface area contributed by atoms with Crippen LogP contribution in [-0.2, 0) is 16.0 Å². The van der Waals surface area contributed by atoms with Gasteiger partial charge in [-0.2, -0.15) is 0 Å². The first-order valence-corrected chi connectivity index (χ1v) is 8.38. The summed E-state index contributed by atoms with van der Waals surface area (Å²) in [5.74, 6) is -1.19. The van der Waals surface area contributed by atoms with Gasteiger partial charge in [0.1, 0.15) is 11.6 Å². The molecule has 1 aromatic carbocycles. The average Bonchev–Trinajstić information content (AvgIpc) is 2.95. The number of thiazole rings is 1. The smallest absolute Gasteiger partial charge is 0.323 e. The number of carbonyl (C=O) groups excluding carboxylic acids is 1. The maximum Gasteiger partial charge on any atom is 0.323 e. The maximum atomic E-state index is 12.3. The minimum Gasteiger partial charge on any atom is -0.480 e. The maximum absolute atomic E-state index is 12.3. The molecule has 23 heavy (non-hydrogen) atoms. The number of hydrogen-bond donors (Lipinski definition) is 1. The van der Waals surface area contributed by atoms with E-state index in [9.17, 15) is 9.59 Å². The third-order valence-electron chi connectivity index (χ3n) is 3.32. The molecule has 0 radical (unpaired) electrons. The van der Waals surface area contributed by atoms with Gasteiger partial charge in [0, 0.05) is 17.5 Å². The number of aromatic nitrogens is 1. The highest BCUT2D eigenvalue weighted by Crippen LogP contribution is 2.24. The largest absolute Gasteiger partial charge is 0.480 e. The fraction of sp³-hybridized carbons (Fsp3) is 0.353. The number of amides is 1. The van der Waals surface area contributed by atoms with Gasteiger partial charge in [-0.3, -0.25) is 9.59 Å². The predicted molar refractivity (Wildman–Crippen MR) is 90.5 cm³/mol. The molecule has 0 aliphatic heterocycles. The van der Waals surface area contributed by atoms with Crippen LogP contribution in [0.3, 0.4) is 0 Å². The van der Waals surface area contributed by atoms with E-state index in [2.05, 4.69) is 11.1 Å². The lowest BCUT2D eigenvalue weighted by Gasteiger charge is -2.19. The Morgan fingerprint density at radius 1 is 1.35 bits per heavy atom. The normalized spacial score (nSPS) is 10.5. The van der Waals surface area contributed by atoms with Crippen LogP contribution in [-0.4, -0.2) is 40.0 Å². The van der Waals surface area contributed by atoms with Gasteiger partial charge in [0.15, 0.2) is 0 Å². The van der Waals surface area contributed by atoms with Crippen LogP contribution in [0.4, 0.5) is 0 Å². The van der Waals surface area contributed by atoms with Gasteiger partial charge < -0.3 is 10.0 Å². The van der Waals surface area contributed by atoms with E-state index >= 15 is 0 Å². The Kier molecular flexibility index (Phi) is 5.87. The molecule has 6 heteroatoms. The zero-order valence-electron chi connectivity index (χ0n) is 13.3. The first-order valence-electron chi connectivity index (χ1n) is 7.50. The Morgan fingerprint density at radius 3 is 2.78 bits per heavy atom. The van der Waals surface area contributed by atoms with Crippen molar-refractivity contribution in [3.63, 3.8) is 0 Å². The molecule has 0 saturated carbocycles. The lowest BCUT2D eigenvalue weighted by Crippen LogP contribution is -2.37. The molecule has 122 valence electrons. The zero-order chi connectivity index (χ0) is 16.8. The van der Waals surface area contributed by atoms with Crippen LogP contribution in [0, 0.1) is 6.92 Å². The molecule has 1 amide bonds. The van der Waals surface area contributed by atoms with Gasteiger partial charge in [-0.1, -0.05) is 30.7 Å². The summed E-state index contributed by atoms with van der Waals surface area (Å²) in [6, 6.07) is 8.05. The van der Waals surface area contributed by atoms with E-state index < -0.39 is 5.97 Å². The van der Waals surface area contributed by atoms with Crippen LogP contribution in [0.1, 0.15) is 24.6 Å². The molecule has 0 atom stereocenters. The number of nitrogens with zero attached hydrogens (tertiary/aromatic N) is 2. The summed E-state index contributed by atoms with van der Waals surface area (Å²) in [5.41, 5.74) is 2.87. The lowest BCUT2D eigenvalue weighted by molar-refractivity contribution is -0.144. The monoisotopic (exact) mass is 332 g/mol. The SMILES string of the molecule is CCCN(CC(=O)O)C(=O)Cc1csc(-c2cccc(C)c2)n1. The highest BCUT2D eigenvalue weighted by atomic mass is 32.1. The molecule has 0 unspecified atom stereocenters. The van der Waals surface area contributed by atoms with E-state index in [1.807, 2.05) is 37.4 Å². The summed E-state index contributed by atoms with van der Waals surface area (Å²) in [4.78, 5) is 29.0. The summed E-state index contributed by atoms with van der Waals surface area (Å²) in [6.07, 6.45) is 0.861. The van der Waals surface area contributed by atoms with Gasteiger partial charge in [0.25, 0.3) is 0 Å². The first kappa shape index (κ1) is 17.1. The van der Waals surface area contributed by atoms with E-state index in [-0.39, 0.29) is 18.9 Å². The van der Waals surface area contributed by atoms with E-state index in [0.717, 1.165) is 22.6 Å². The summed E-state index contributed by atoms with van der Waals surface area (Å²) < 4.78 is 0. The molecule has 1 N–H and O–H groups in total. The zero-order valence-corrected chi connectivity index (χ0v) is 14.1. The molecule has 0 saturated heterocycles. The summed E-state index contributed by atoms with van der Waals surface area (Å²) in [5, 5.41) is 11.6. The molecule has 2 aromatic rings. The standard InChI is InChI=1S/C17H20N2O3S/c1-3-7-19(10-16(21)22)15(20)9-14-11-23-17(18-14)13-6-4-5-12(2)8-13/h4-6,8,11H,3,7,9-10H2,1-2H3,(H,21,22). The van der Waals surface area contributed by atoms with E-state index in [1.165, 1.54) is 16.2 Å². The van der Waals surface area contributed by atoms with Gasteiger partial charge in [-0.15, -0.1) is 11.3 Å². The summed E-state index contributed by atoms with van der Waals surface area (Å²) in [6.45, 7) is 4.12. The highest BCUT2D eigenvalue weighted by Gasteiger charge is 2.17. The molecule has 0 spiro atoms. The minimum absolute atomic E-state index is 0.135. The van der Waals surface area contributed by atoms with E-state index in [0.29, 0.717) is 12.2 Å². The molecular formula is C17H20N2O3S. The van der Waals surface area contributed by atoms with Crippen LogP contribution >= 0.6 is 11.3 Å². The van der Waals surface area contributed by atoms with Crippen LogP contribution in [0.25, 0.3) is 10.6 Å². The van der Waals surface area contributed by atoms with Crippen molar-refractivity contribution >= 4 is 23.2 Å². The van der Waals surface area contributed by atoms with Crippen LogP contribution in [0.2, 0.25) is 0 Å². The second-order valence-corrected chi connectivity index (χ2v) is 6.26. The Bertz CT molecular complexity index is 697. The fourth-order valence-electron chi connectivity index (χ4n) is 2.29. The molecule has 1 heterocycles. The summed E-state index contributed by atoms with van der Waals surface area (Å²) in [7, 11) is 0. The molecule has 0 aliphatic carbocycles. The molecule has 2 rings (SSSR count). The Hall–Kier alpha value is -2.21. The number of carboxylic acids is 1. The number of benzene rings is 1. The van der Waals surface area contributed by atoms with Crippen molar-refractivity contribution in [2.75, 3.05) is 13.1 Å². The van der Waals surface area contributed by atoms with Gasteiger partial charge in [0.05, 0.1) is 12.1 Å². The number of hydrogen-bond acceptors (Lipinski definition) is 4. The van der Waals surface area contributed by atoms with Crippen molar-refractivity contribution in [2.24, 2.45) is 0 Å². The van der Waals surface area contributed by atoms with Crippen LogP contribution in [0.15, 0.2) is 29.6 Å². The topological polar surface area (TPSA) is 70.5 Å². The average molecular weight is 332 g/mol. The minimum atomic E-state index is -0.995. The highest BCUT2D eigenvalue weighted by molar-refractivity contribution is 7.13. The quantitative estimate of drug-likeness (QED) is 0.846.